The Labute approximate surface area is 228 Å². The highest BCUT2D eigenvalue weighted by molar-refractivity contribution is 6.02. The summed E-state index contributed by atoms with van der Waals surface area (Å²) in [5.41, 5.74) is 2.90. The van der Waals surface area contributed by atoms with E-state index in [0.717, 1.165) is 39.8 Å². The number of benzene rings is 3. The Bertz CT molecular complexity index is 1430. The molecule has 0 aliphatic carbocycles. The van der Waals surface area contributed by atoms with Gasteiger partial charge in [0.2, 0.25) is 6.79 Å². The molecule has 200 valence electrons. The molecular weight excluding hydrogens is 492 g/mol. The molecule has 7 heteroatoms. The maximum Gasteiger partial charge on any atom is 0.291 e. The summed E-state index contributed by atoms with van der Waals surface area (Å²) < 4.78 is 22.5. The zero-order chi connectivity index (χ0) is 27.0. The molecule has 0 fully saturated rings. The standard InChI is InChI=1S/C32H32N2O5/c1-22(33-17-7-9-23-8-6-12-26(18-23)36-2)28(24-13-15-29-31(19-24)38-21-37-29)20-27-14-16-30(39-27)32(35)34-25-10-4-3-5-11-25/h3-16,18-19,22,28,33H,17,20-21H2,1-2H3,(H,34,35). The number of nitrogens with one attached hydrogen (secondary N) is 2. The van der Waals surface area contributed by atoms with Gasteiger partial charge >= 0.3 is 0 Å². The van der Waals surface area contributed by atoms with Crippen LogP contribution < -0.4 is 24.8 Å². The lowest BCUT2D eigenvalue weighted by Crippen LogP contribution is -2.33. The number of furan rings is 1. The minimum Gasteiger partial charge on any atom is -0.497 e. The van der Waals surface area contributed by atoms with E-state index in [2.05, 4.69) is 35.8 Å². The molecule has 1 aromatic heterocycles. The number of amides is 1. The number of hydrogen-bond acceptors (Lipinski definition) is 6. The van der Waals surface area contributed by atoms with Crippen LogP contribution >= 0.6 is 0 Å². The van der Waals surface area contributed by atoms with Crippen LogP contribution in [0.5, 0.6) is 17.2 Å². The average Bonchev–Trinajstić information content (AvgIpc) is 3.64. The number of methoxy groups -OCH3 is 1. The van der Waals surface area contributed by atoms with Gasteiger partial charge in [-0.25, -0.2) is 0 Å². The van der Waals surface area contributed by atoms with Crippen molar-refractivity contribution in [1.29, 1.82) is 0 Å². The first kappa shape index (κ1) is 26.1. The van der Waals surface area contributed by atoms with Gasteiger partial charge < -0.3 is 29.3 Å². The number of anilines is 1. The number of rotatable bonds is 11. The van der Waals surface area contributed by atoms with Gasteiger partial charge in [0.15, 0.2) is 17.3 Å². The normalized spacial score (nSPS) is 13.8. The number of ether oxygens (including phenoxy) is 3. The first-order valence-corrected chi connectivity index (χ1v) is 13.0. The second-order valence-corrected chi connectivity index (χ2v) is 9.39. The van der Waals surface area contributed by atoms with Crippen molar-refractivity contribution in [2.75, 3.05) is 25.8 Å². The number of hydrogen-bond donors (Lipinski definition) is 2. The van der Waals surface area contributed by atoms with Crippen molar-refractivity contribution >= 4 is 17.7 Å². The third-order valence-corrected chi connectivity index (χ3v) is 6.73. The summed E-state index contributed by atoms with van der Waals surface area (Å²) in [6, 6.07) is 27.0. The highest BCUT2D eigenvalue weighted by atomic mass is 16.7. The van der Waals surface area contributed by atoms with Crippen molar-refractivity contribution in [2.24, 2.45) is 0 Å². The minimum atomic E-state index is -0.277. The molecular formula is C32H32N2O5. The highest BCUT2D eigenvalue weighted by Gasteiger charge is 2.24. The molecule has 0 bridgehead atoms. The van der Waals surface area contributed by atoms with Crippen LogP contribution in [-0.2, 0) is 6.42 Å². The lowest BCUT2D eigenvalue weighted by atomic mass is 9.88. The van der Waals surface area contributed by atoms with Gasteiger partial charge in [-0.15, -0.1) is 0 Å². The second-order valence-electron chi connectivity index (χ2n) is 9.39. The van der Waals surface area contributed by atoms with Crippen molar-refractivity contribution in [2.45, 2.75) is 25.3 Å². The first-order valence-electron chi connectivity index (χ1n) is 13.0. The Hall–Kier alpha value is -4.49. The van der Waals surface area contributed by atoms with E-state index in [1.807, 2.05) is 72.8 Å². The van der Waals surface area contributed by atoms with E-state index in [0.29, 0.717) is 13.0 Å². The fraction of sp³-hybridized carbons (Fsp3) is 0.219. The van der Waals surface area contributed by atoms with Gasteiger partial charge in [0, 0.05) is 30.6 Å². The van der Waals surface area contributed by atoms with Crippen molar-refractivity contribution < 1.29 is 23.4 Å². The molecule has 0 saturated heterocycles. The van der Waals surface area contributed by atoms with Crippen molar-refractivity contribution in [3.8, 4) is 17.2 Å². The number of carbonyl (C=O) groups excluding carboxylic acids is 1. The molecule has 0 saturated carbocycles. The van der Waals surface area contributed by atoms with Gasteiger partial charge in [0.25, 0.3) is 5.91 Å². The van der Waals surface area contributed by atoms with Gasteiger partial charge in [-0.1, -0.05) is 48.6 Å². The molecule has 0 radical (unpaired) electrons. The summed E-state index contributed by atoms with van der Waals surface area (Å²) in [7, 11) is 1.67. The highest BCUT2D eigenvalue weighted by Crippen LogP contribution is 2.36. The van der Waals surface area contributed by atoms with E-state index < -0.39 is 0 Å². The quantitative estimate of drug-likeness (QED) is 0.240. The molecule has 7 nitrogen and oxygen atoms in total. The Kier molecular flexibility index (Phi) is 8.29. The molecule has 1 aliphatic rings. The monoisotopic (exact) mass is 524 g/mol. The maximum atomic E-state index is 12.7. The van der Waals surface area contributed by atoms with Crippen LogP contribution in [0.15, 0.2) is 95.4 Å². The molecule has 1 amide bonds. The molecule has 1 aliphatic heterocycles. The Morgan fingerprint density at radius 3 is 2.67 bits per heavy atom. The van der Waals surface area contributed by atoms with Crippen LogP contribution in [0.3, 0.4) is 0 Å². The molecule has 3 aromatic carbocycles. The lowest BCUT2D eigenvalue weighted by Gasteiger charge is -2.25. The third-order valence-electron chi connectivity index (χ3n) is 6.73. The van der Waals surface area contributed by atoms with Gasteiger partial charge in [-0.2, -0.15) is 0 Å². The molecule has 5 rings (SSSR count). The van der Waals surface area contributed by atoms with Crippen LogP contribution in [0.1, 0.15) is 40.3 Å². The van der Waals surface area contributed by atoms with E-state index in [-0.39, 0.29) is 30.4 Å². The smallest absolute Gasteiger partial charge is 0.291 e. The Morgan fingerprint density at radius 1 is 0.974 bits per heavy atom. The SMILES string of the molecule is COc1cccc(C=CCNC(C)C(Cc2ccc(C(=O)Nc3ccccc3)o2)c2ccc3c(c2)OCO3)c1. The van der Waals surface area contributed by atoms with E-state index in [1.165, 1.54) is 0 Å². The number of fused-ring (bicyclic) bond motifs is 1. The van der Waals surface area contributed by atoms with Crippen LogP contribution in [0.4, 0.5) is 5.69 Å². The summed E-state index contributed by atoms with van der Waals surface area (Å²) >= 11 is 0. The van der Waals surface area contributed by atoms with Crippen LogP contribution in [0.25, 0.3) is 6.08 Å². The van der Waals surface area contributed by atoms with E-state index in [4.69, 9.17) is 18.6 Å². The number of carbonyl (C=O) groups is 1. The summed E-state index contributed by atoms with van der Waals surface area (Å²) in [6.07, 6.45) is 4.77. The summed E-state index contributed by atoms with van der Waals surface area (Å²) in [6.45, 7) is 3.06. The van der Waals surface area contributed by atoms with Gasteiger partial charge in [-0.3, -0.25) is 4.79 Å². The van der Waals surface area contributed by atoms with Crippen LogP contribution in [0, 0.1) is 0 Å². The molecule has 4 aromatic rings. The van der Waals surface area contributed by atoms with E-state index in [1.54, 1.807) is 13.2 Å². The second kappa shape index (κ2) is 12.4. The predicted molar refractivity (Wildman–Crippen MR) is 152 cm³/mol. The van der Waals surface area contributed by atoms with Crippen molar-refractivity contribution in [1.82, 2.24) is 5.32 Å². The van der Waals surface area contributed by atoms with Crippen molar-refractivity contribution in [3.05, 3.63) is 114 Å². The van der Waals surface area contributed by atoms with Crippen LogP contribution in [0.2, 0.25) is 0 Å². The van der Waals surface area contributed by atoms with Gasteiger partial charge in [-0.05, 0) is 66.6 Å². The zero-order valence-electron chi connectivity index (χ0n) is 22.1. The lowest BCUT2D eigenvalue weighted by molar-refractivity contribution is 0.0994. The van der Waals surface area contributed by atoms with Crippen LogP contribution in [-0.4, -0.2) is 32.4 Å². The van der Waals surface area contributed by atoms with Crippen molar-refractivity contribution in [3.63, 3.8) is 0 Å². The summed E-state index contributed by atoms with van der Waals surface area (Å²) in [5.74, 6) is 3.11. The zero-order valence-corrected chi connectivity index (χ0v) is 22.1. The van der Waals surface area contributed by atoms with E-state index in [9.17, 15) is 4.79 Å². The van der Waals surface area contributed by atoms with E-state index >= 15 is 0 Å². The summed E-state index contributed by atoms with van der Waals surface area (Å²) in [4.78, 5) is 12.7. The minimum absolute atomic E-state index is 0.0564. The molecule has 2 unspecified atom stereocenters. The Morgan fingerprint density at radius 2 is 1.82 bits per heavy atom. The third kappa shape index (κ3) is 6.69. The molecule has 0 spiro atoms. The fourth-order valence-corrected chi connectivity index (χ4v) is 4.60. The maximum absolute atomic E-state index is 12.7. The van der Waals surface area contributed by atoms with Gasteiger partial charge in [0.05, 0.1) is 7.11 Å². The summed E-state index contributed by atoms with van der Waals surface area (Å²) in [5, 5.41) is 6.49. The fourth-order valence-electron chi connectivity index (χ4n) is 4.60. The molecule has 2 atom stereocenters. The topological polar surface area (TPSA) is 82.0 Å². The predicted octanol–water partition coefficient (Wildman–Crippen LogP) is 6.29. The van der Waals surface area contributed by atoms with Gasteiger partial charge in [0.1, 0.15) is 11.5 Å². The average molecular weight is 525 g/mol. The first-order chi connectivity index (χ1) is 19.1. The largest absolute Gasteiger partial charge is 0.497 e. The Balaban J connectivity index is 1.29. The molecule has 39 heavy (non-hydrogen) atoms. The molecule has 2 heterocycles. The molecule has 2 N–H and O–H groups in total. The number of para-hydroxylation sites is 1.